The minimum absolute atomic E-state index is 0.246. The van der Waals surface area contributed by atoms with Crippen LogP contribution in [0.5, 0.6) is 0 Å². The molecule has 1 N–H and O–H groups in total. The monoisotopic (exact) mass is 344 g/mol. The lowest BCUT2D eigenvalue weighted by Crippen LogP contribution is -2.42. The second-order valence-corrected chi connectivity index (χ2v) is 13.9. The van der Waals surface area contributed by atoms with Gasteiger partial charge in [0.15, 0.2) is 13.9 Å². The zero-order valence-electron chi connectivity index (χ0n) is 16.1. The number of carbonyl (C=O) groups is 1. The van der Waals surface area contributed by atoms with E-state index >= 15 is 0 Å². The molecule has 1 saturated carbocycles. The molecule has 0 aromatic rings. The van der Waals surface area contributed by atoms with Crippen molar-refractivity contribution in [2.75, 3.05) is 13.2 Å². The van der Waals surface area contributed by atoms with Crippen LogP contribution in [0.3, 0.4) is 0 Å². The van der Waals surface area contributed by atoms with E-state index in [9.17, 15) is 4.79 Å². The predicted molar refractivity (Wildman–Crippen MR) is 96.3 cm³/mol. The topological polar surface area (TPSA) is 55.8 Å². The quantitative estimate of drug-likeness (QED) is 0.680. The summed E-state index contributed by atoms with van der Waals surface area (Å²) in [5.41, 5.74) is -1.09. The fourth-order valence-electron chi connectivity index (χ4n) is 2.64. The maximum absolute atomic E-state index is 11.1. The average molecular weight is 345 g/mol. The van der Waals surface area contributed by atoms with E-state index < -0.39 is 19.9 Å². The van der Waals surface area contributed by atoms with Gasteiger partial charge in [0.1, 0.15) is 0 Å². The summed E-state index contributed by atoms with van der Waals surface area (Å²) < 4.78 is 12.0. The molecule has 23 heavy (non-hydrogen) atoms. The minimum Gasteiger partial charge on any atom is -0.479 e. The maximum Gasteiger partial charge on any atom is 0.335 e. The summed E-state index contributed by atoms with van der Waals surface area (Å²) in [6, 6.07) is 0. The first-order chi connectivity index (χ1) is 10.3. The van der Waals surface area contributed by atoms with E-state index in [1.54, 1.807) is 13.8 Å². The zero-order valence-corrected chi connectivity index (χ0v) is 17.1. The fourth-order valence-corrected chi connectivity index (χ4v) is 3.72. The predicted octanol–water partition coefficient (Wildman–Crippen LogP) is 4.69. The first kappa shape index (κ1) is 20.7. The molecule has 0 radical (unpaired) electrons. The van der Waals surface area contributed by atoms with E-state index in [0.717, 1.165) is 19.4 Å². The summed E-state index contributed by atoms with van der Waals surface area (Å²) in [4.78, 5) is 11.1. The number of ether oxygens (including phenoxy) is 1. The van der Waals surface area contributed by atoms with Crippen molar-refractivity contribution in [2.45, 2.75) is 84.0 Å². The Kier molecular flexibility index (Phi) is 6.88. The van der Waals surface area contributed by atoms with Crippen molar-refractivity contribution in [3.63, 3.8) is 0 Å². The summed E-state index contributed by atoms with van der Waals surface area (Å²) in [6.45, 7) is 16.0. The molecule has 1 aliphatic carbocycles. The van der Waals surface area contributed by atoms with Gasteiger partial charge in [-0.05, 0) is 63.1 Å². The molecule has 0 bridgehead atoms. The molecule has 0 aliphatic heterocycles. The Balaban J connectivity index is 2.45. The molecule has 0 unspecified atom stereocenters. The van der Waals surface area contributed by atoms with Gasteiger partial charge in [-0.3, -0.25) is 0 Å². The Labute approximate surface area is 143 Å². The highest BCUT2D eigenvalue weighted by atomic mass is 28.4. The van der Waals surface area contributed by atoms with Crippen molar-refractivity contribution >= 4 is 14.3 Å². The molecule has 0 saturated heterocycles. The number of rotatable bonds is 7. The van der Waals surface area contributed by atoms with Crippen molar-refractivity contribution in [3.05, 3.63) is 0 Å². The third kappa shape index (κ3) is 6.20. The molecule has 2 atom stereocenters. The van der Waals surface area contributed by atoms with Gasteiger partial charge in [-0.1, -0.05) is 27.2 Å². The Morgan fingerprint density at radius 1 is 1.09 bits per heavy atom. The molecule has 1 aliphatic rings. The van der Waals surface area contributed by atoms with Crippen molar-refractivity contribution in [2.24, 2.45) is 11.8 Å². The van der Waals surface area contributed by atoms with Gasteiger partial charge in [0.25, 0.3) is 0 Å². The van der Waals surface area contributed by atoms with Crippen LogP contribution in [0.25, 0.3) is 0 Å². The van der Waals surface area contributed by atoms with Crippen LogP contribution in [0.4, 0.5) is 0 Å². The molecule has 0 aromatic carbocycles. The molecule has 4 nitrogen and oxygen atoms in total. The van der Waals surface area contributed by atoms with E-state index in [4.69, 9.17) is 14.3 Å². The molecular formula is C18H36O4Si. The van der Waals surface area contributed by atoms with Crippen LogP contribution in [-0.4, -0.2) is 38.2 Å². The van der Waals surface area contributed by atoms with Crippen molar-refractivity contribution in [1.29, 1.82) is 0 Å². The highest BCUT2D eigenvalue weighted by Crippen LogP contribution is 2.38. The van der Waals surface area contributed by atoms with Crippen LogP contribution in [0.2, 0.25) is 18.1 Å². The van der Waals surface area contributed by atoms with Gasteiger partial charge in [-0.25, -0.2) is 4.79 Å². The molecule has 1 rings (SSSR count). The first-order valence-electron chi connectivity index (χ1n) is 8.86. The normalized spacial score (nSPS) is 23.8. The average Bonchev–Trinajstić information content (AvgIpc) is 2.42. The van der Waals surface area contributed by atoms with Crippen molar-refractivity contribution in [3.8, 4) is 0 Å². The molecule has 5 heteroatoms. The first-order valence-corrected chi connectivity index (χ1v) is 11.8. The zero-order chi connectivity index (χ0) is 17.9. The SMILES string of the molecule is CC(C)(OC[C@H]1CCC[C@@H](CO[Si](C)(C)C(C)(C)C)C1)C(=O)O. The number of hydrogen-bond acceptors (Lipinski definition) is 3. The van der Waals surface area contributed by atoms with E-state index in [2.05, 4.69) is 33.9 Å². The highest BCUT2D eigenvalue weighted by Gasteiger charge is 2.38. The van der Waals surface area contributed by atoms with Crippen LogP contribution in [0, 0.1) is 11.8 Å². The van der Waals surface area contributed by atoms with Gasteiger partial charge < -0.3 is 14.3 Å². The van der Waals surface area contributed by atoms with Crippen LogP contribution in [0.1, 0.15) is 60.3 Å². The molecular weight excluding hydrogens is 308 g/mol. The third-order valence-electron chi connectivity index (χ3n) is 5.57. The molecule has 0 spiro atoms. The highest BCUT2D eigenvalue weighted by molar-refractivity contribution is 6.74. The van der Waals surface area contributed by atoms with E-state index in [1.807, 2.05) is 0 Å². The van der Waals surface area contributed by atoms with Gasteiger partial charge in [0.05, 0.1) is 6.61 Å². The molecule has 136 valence electrons. The van der Waals surface area contributed by atoms with E-state index in [1.165, 1.54) is 12.8 Å². The van der Waals surface area contributed by atoms with Gasteiger partial charge >= 0.3 is 5.97 Å². The van der Waals surface area contributed by atoms with E-state index in [0.29, 0.717) is 18.4 Å². The summed E-state index contributed by atoms with van der Waals surface area (Å²) in [5, 5.41) is 9.38. The van der Waals surface area contributed by atoms with Gasteiger partial charge in [0, 0.05) is 6.61 Å². The number of carboxylic acid groups (broad SMARTS) is 1. The lowest BCUT2D eigenvalue weighted by atomic mass is 9.82. The molecule has 0 heterocycles. The maximum atomic E-state index is 11.1. The van der Waals surface area contributed by atoms with Crippen LogP contribution in [0.15, 0.2) is 0 Å². The summed E-state index contributed by atoms with van der Waals surface area (Å²) >= 11 is 0. The van der Waals surface area contributed by atoms with Gasteiger partial charge in [-0.15, -0.1) is 0 Å². The minimum atomic E-state index is -1.68. The molecule has 0 amide bonds. The summed E-state index contributed by atoms with van der Waals surface area (Å²) in [6.07, 6.45) is 4.62. The van der Waals surface area contributed by atoms with Gasteiger partial charge in [-0.2, -0.15) is 0 Å². The number of hydrogen-bond donors (Lipinski definition) is 1. The molecule has 1 fully saturated rings. The van der Waals surface area contributed by atoms with E-state index in [-0.39, 0.29) is 5.04 Å². The smallest absolute Gasteiger partial charge is 0.335 e. The lowest BCUT2D eigenvalue weighted by Gasteiger charge is -2.38. The molecule has 0 aromatic heterocycles. The second-order valence-electron chi connectivity index (χ2n) is 9.10. The Morgan fingerprint density at radius 2 is 1.61 bits per heavy atom. The van der Waals surface area contributed by atoms with Crippen LogP contribution in [-0.2, 0) is 14.0 Å². The third-order valence-corrected chi connectivity index (χ3v) is 10.1. The number of aliphatic carboxylic acids is 1. The Bertz CT molecular complexity index is 398. The van der Waals surface area contributed by atoms with Crippen molar-refractivity contribution in [1.82, 2.24) is 0 Å². The van der Waals surface area contributed by atoms with Crippen LogP contribution >= 0.6 is 0 Å². The largest absolute Gasteiger partial charge is 0.479 e. The second kappa shape index (κ2) is 7.66. The number of carboxylic acids is 1. The summed E-state index contributed by atoms with van der Waals surface area (Å²) in [7, 11) is -1.68. The standard InChI is InChI=1S/C18H36O4Si/c1-17(2,3)23(6,7)22-13-15-10-8-9-14(11-15)12-21-18(4,5)16(19)20/h14-15H,8-13H2,1-7H3,(H,19,20)/t14-,15+/m0/s1. The van der Waals surface area contributed by atoms with Crippen LogP contribution < -0.4 is 0 Å². The summed E-state index contributed by atoms with van der Waals surface area (Å²) in [5.74, 6) is 0.140. The van der Waals surface area contributed by atoms with Crippen molar-refractivity contribution < 1.29 is 19.1 Å². The Hall–Kier alpha value is -0.393. The lowest BCUT2D eigenvalue weighted by molar-refractivity contribution is -0.163. The van der Waals surface area contributed by atoms with Gasteiger partial charge in [0.2, 0.25) is 0 Å². The fraction of sp³-hybridized carbons (Fsp3) is 0.944. The Morgan fingerprint density at radius 3 is 2.09 bits per heavy atom.